The van der Waals surface area contributed by atoms with Crippen LogP contribution in [0.2, 0.25) is 10.0 Å². The number of halogens is 4. The number of fused-ring (bicyclic) bond motifs is 1. The van der Waals surface area contributed by atoms with Crippen molar-refractivity contribution in [1.29, 1.82) is 0 Å². The van der Waals surface area contributed by atoms with E-state index in [-0.39, 0.29) is 49.2 Å². The van der Waals surface area contributed by atoms with Gasteiger partial charge in [-0.3, -0.25) is 9.52 Å². The Morgan fingerprint density at radius 3 is 2.59 bits per heavy atom. The molecule has 1 aromatic heterocycles. The SMILES string of the molecule is CCOC(=O)[C@H](Cc1ccc(F)c(Br)c1)NC(=O)c1cc(Cl)c(Cl)cc1NS(=O)(=O)c1cccc2nsnc12. The summed E-state index contributed by atoms with van der Waals surface area (Å²) < 4.78 is 56.1. The summed E-state index contributed by atoms with van der Waals surface area (Å²) in [5, 5.41) is 2.52. The summed E-state index contributed by atoms with van der Waals surface area (Å²) in [5.74, 6) is -2.07. The number of ether oxygens (including phenoxy) is 1. The van der Waals surface area contributed by atoms with Crippen molar-refractivity contribution in [3.63, 3.8) is 0 Å². The van der Waals surface area contributed by atoms with Gasteiger partial charge in [0.15, 0.2) is 0 Å². The molecule has 1 heterocycles. The van der Waals surface area contributed by atoms with Crippen LogP contribution in [0, 0.1) is 5.82 Å². The van der Waals surface area contributed by atoms with E-state index in [1.807, 2.05) is 0 Å². The zero-order chi connectivity index (χ0) is 28.3. The molecule has 3 aromatic carbocycles. The van der Waals surface area contributed by atoms with Crippen molar-refractivity contribution >= 4 is 89.5 Å². The second-order valence-corrected chi connectivity index (χ2v) is 11.9. The topological polar surface area (TPSA) is 127 Å². The highest BCUT2D eigenvalue weighted by Crippen LogP contribution is 2.32. The lowest BCUT2D eigenvalue weighted by Gasteiger charge is -2.19. The molecule has 0 radical (unpaired) electrons. The molecule has 4 rings (SSSR count). The van der Waals surface area contributed by atoms with Gasteiger partial charge in [-0.2, -0.15) is 8.75 Å². The maximum Gasteiger partial charge on any atom is 0.328 e. The van der Waals surface area contributed by atoms with Crippen molar-refractivity contribution in [3.8, 4) is 0 Å². The Morgan fingerprint density at radius 2 is 1.87 bits per heavy atom. The van der Waals surface area contributed by atoms with E-state index in [1.165, 1.54) is 42.5 Å². The van der Waals surface area contributed by atoms with Gasteiger partial charge < -0.3 is 10.1 Å². The molecular weight excluding hydrogens is 658 g/mol. The molecule has 0 bridgehead atoms. The number of amides is 1. The Morgan fingerprint density at radius 1 is 1.13 bits per heavy atom. The average molecular weight is 676 g/mol. The van der Waals surface area contributed by atoms with Crippen LogP contribution in [0.15, 0.2) is 57.9 Å². The minimum Gasteiger partial charge on any atom is -0.464 e. The van der Waals surface area contributed by atoms with Gasteiger partial charge in [-0.15, -0.1) is 0 Å². The Hall–Kier alpha value is -2.84. The fourth-order valence-corrected chi connectivity index (χ4v) is 6.18. The molecule has 0 spiro atoms. The highest BCUT2D eigenvalue weighted by Gasteiger charge is 2.27. The first kappa shape index (κ1) is 29.2. The van der Waals surface area contributed by atoms with Crippen LogP contribution < -0.4 is 10.0 Å². The lowest BCUT2D eigenvalue weighted by Crippen LogP contribution is -2.43. The molecule has 0 aliphatic rings. The van der Waals surface area contributed by atoms with Crippen LogP contribution in [0.4, 0.5) is 10.1 Å². The van der Waals surface area contributed by atoms with E-state index in [1.54, 1.807) is 13.0 Å². The number of hydrogen-bond acceptors (Lipinski definition) is 8. The molecule has 0 aliphatic heterocycles. The van der Waals surface area contributed by atoms with Crippen molar-refractivity contribution < 1.29 is 27.1 Å². The predicted molar refractivity (Wildman–Crippen MR) is 150 cm³/mol. The van der Waals surface area contributed by atoms with E-state index < -0.39 is 33.8 Å². The van der Waals surface area contributed by atoms with Gasteiger partial charge in [0.25, 0.3) is 15.9 Å². The van der Waals surface area contributed by atoms with Crippen LogP contribution >= 0.6 is 50.9 Å². The number of nitrogens with zero attached hydrogens (tertiary/aromatic N) is 2. The number of aromatic nitrogens is 2. The Kier molecular flexibility index (Phi) is 9.07. The molecule has 0 saturated carbocycles. The molecule has 9 nitrogen and oxygen atoms in total. The highest BCUT2D eigenvalue weighted by molar-refractivity contribution is 9.10. The van der Waals surface area contributed by atoms with E-state index in [0.29, 0.717) is 11.1 Å². The Balaban J connectivity index is 1.67. The summed E-state index contributed by atoms with van der Waals surface area (Å²) in [5.41, 5.74) is 0.690. The van der Waals surface area contributed by atoms with E-state index in [2.05, 4.69) is 34.7 Å². The zero-order valence-electron chi connectivity index (χ0n) is 19.9. The predicted octanol–water partition coefficient (Wildman–Crippen LogP) is 5.60. The summed E-state index contributed by atoms with van der Waals surface area (Å²) in [6, 6.07) is 9.80. The summed E-state index contributed by atoms with van der Waals surface area (Å²) in [6.07, 6.45) is -0.0370. The fourth-order valence-electron chi connectivity index (χ4n) is 3.59. The molecule has 1 amide bonds. The molecule has 39 heavy (non-hydrogen) atoms. The zero-order valence-corrected chi connectivity index (χ0v) is 24.6. The molecule has 0 saturated heterocycles. The van der Waals surface area contributed by atoms with Crippen LogP contribution in [-0.4, -0.2) is 41.7 Å². The van der Waals surface area contributed by atoms with E-state index in [0.717, 1.165) is 11.7 Å². The normalized spacial score (nSPS) is 12.2. The third kappa shape index (κ3) is 6.67. The summed E-state index contributed by atoms with van der Waals surface area (Å²) >= 11 is 16.3. The van der Waals surface area contributed by atoms with Crippen molar-refractivity contribution in [2.45, 2.75) is 24.3 Å². The maximum atomic E-state index is 13.7. The van der Waals surface area contributed by atoms with Crippen LogP contribution in [0.1, 0.15) is 22.8 Å². The molecule has 204 valence electrons. The van der Waals surface area contributed by atoms with Crippen LogP contribution in [-0.2, 0) is 26.0 Å². The van der Waals surface area contributed by atoms with Gasteiger partial charge in [-0.25, -0.2) is 17.6 Å². The molecule has 0 fully saturated rings. The number of esters is 1. The number of carbonyl (C=O) groups excluding carboxylic acids is 2. The Bertz CT molecular complexity index is 1690. The van der Waals surface area contributed by atoms with Crippen molar-refractivity contribution in [3.05, 3.63) is 80.0 Å². The van der Waals surface area contributed by atoms with Gasteiger partial charge in [0, 0.05) is 6.42 Å². The van der Waals surface area contributed by atoms with E-state index >= 15 is 0 Å². The third-order valence-electron chi connectivity index (χ3n) is 5.39. The number of benzene rings is 3. The van der Waals surface area contributed by atoms with Crippen molar-refractivity contribution in [2.24, 2.45) is 0 Å². The summed E-state index contributed by atoms with van der Waals surface area (Å²) in [4.78, 5) is 25.9. The molecule has 15 heteroatoms. The standard InChI is InChI=1S/C24H18BrCl2FN4O5S2/c1-2-37-24(34)20(9-12-6-7-17(28)14(25)8-12)29-23(33)13-10-15(26)16(27)11-19(13)32-39(35,36)21-5-3-4-18-22(21)31-38-30-18/h3-8,10-11,20,32H,2,9H2,1H3,(H,29,33)/t20-/m0/s1. The first-order chi connectivity index (χ1) is 18.5. The average Bonchev–Trinajstić information content (AvgIpc) is 3.36. The lowest BCUT2D eigenvalue weighted by molar-refractivity contribution is -0.145. The number of rotatable bonds is 9. The van der Waals surface area contributed by atoms with Crippen LogP contribution in [0.5, 0.6) is 0 Å². The second-order valence-electron chi connectivity index (χ2n) is 8.04. The second kappa shape index (κ2) is 12.1. The molecule has 4 aromatic rings. The number of sulfonamides is 1. The highest BCUT2D eigenvalue weighted by atomic mass is 79.9. The third-order valence-corrected chi connectivity index (χ3v) is 8.66. The number of nitrogens with one attached hydrogen (secondary N) is 2. The molecule has 0 unspecified atom stereocenters. The smallest absolute Gasteiger partial charge is 0.328 e. The van der Waals surface area contributed by atoms with Gasteiger partial charge >= 0.3 is 5.97 Å². The van der Waals surface area contributed by atoms with Crippen LogP contribution in [0.3, 0.4) is 0 Å². The quantitative estimate of drug-likeness (QED) is 0.221. The molecule has 0 aliphatic carbocycles. The lowest BCUT2D eigenvalue weighted by atomic mass is 10.0. The van der Waals surface area contributed by atoms with Crippen molar-refractivity contribution in [1.82, 2.24) is 14.1 Å². The fraction of sp³-hybridized carbons (Fsp3) is 0.167. The minimum atomic E-state index is -4.27. The Labute approximate surface area is 245 Å². The monoisotopic (exact) mass is 674 g/mol. The largest absolute Gasteiger partial charge is 0.464 e. The van der Waals surface area contributed by atoms with Crippen LogP contribution in [0.25, 0.3) is 11.0 Å². The first-order valence-corrected chi connectivity index (χ1v) is 14.9. The number of carbonyl (C=O) groups is 2. The summed E-state index contributed by atoms with van der Waals surface area (Å²) in [6.45, 7) is 1.66. The van der Waals surface area contributed by atoms with Gasteiger partial charge in [0.05, 0.1) is 44.1 Å². The van der Waals surface area contributed by atoms with Gasteiger partial charge in [0.1, 0.15) is 27.8 Å². The maximum absolute atomic E-state index is 13.7. The molecule has 1 atom stereocenters. The molecular formula is C24H18BrCl2FN4O5S2. The number of hydrogen-bond donors (Lipinski definition) is 2. The first-order valence-electron chi connectivity index (χ1n) is 11.1. The minimum absolute atomic E-state index is 0.0162. The van der Waals surface area contributed by atoms with Gasteiger partial charge in [-0.05, 0) is 64.8 Å². The molecule has 2 N–H and O–H groups in total. The van der Waals surface area contributed by atoms with E-state index in [9.17, 15) is 22.4 Å². The summed E-state index contributed by atoms with van der Waals surface area (Å²) in [7, 11) is -4.27. The van der Waals surface area contributed by atoms with Gasteiger partial charge in [0.2, 0.25) is 0 Å². The van der Waals surface area contributed by atoms with Gasteiger partial charge in [-0.1, -0.05) is 35.3 Å². The van der Waals surface area contributed by atoms with E-state index in [4.69, 9.17) is 27.9 Å². The van der Waals surface area contributed by atoms with Crippen molar-refractivity contribution in [2.75, 3.05) is 11.3 Å². The number of anilines is 1.